The predicted molar refractivity (Wildman–Crippen MR) is 59.2 cm³/mol. The highest BCUT2D eigenvalue weighted by atomic mass is 16.3. The van der Waals surface area contributed by atoms with E-state index in [9.17, 15) is 9.90 Å². The molecular weight excluding hydrogens is 192 g/mol. The van der Waals surface area contributed by atoms with Gasteiger partial charge in [0.2, 0.25) is 5.91 Å². The van der Waals surface area contributed by atoms with Crippen LogP contribution in [-0.4, -0.2) is 29.2 Å². The molecule has 1 unspecified atom stereocenters. The van der Waals surface area contributed by atoms with E-state index in [4.69, 9.17) is 5.73 Å². The van der Waals surface area contributed by atoms with Gasteiger partial charge in [0.25, 0.3) is 0 Å². The normalized spacial score (nSPS) is 21.9. The van der Waals surface area contributed by atoms with Crippen LogP contribution in [0.2, 0.25) is 0 Å². The van der Waals surface area contributed by atoms with Gasteiger partial charge in [-0.2, -0.15) is 0 Å². The van der Waals surface area contributed by atoms with E-state index in [1.165, 1.54) is 0 Å². The number of primary amides is 1. The van der Waals surface area contributed by atoms with Gasteiger partial charge >= 0.3 is 0 Å². The van der Waals surface area contributed by atoms with Crippen LogP contribution < -0.4 is 11.1 Å². The van der Waals surface area contributed by atoms with Gasteiger partial charge in [-0.25, -0.2) is 0 Å². The highest BCUT2D eigenvalue weighted by Gasteiger charge is 2.32. The van der Waals surface area contributed by atoms with Crippen molar-refractivity contribution in [2.45, 2.75) is 51.2 Å². The molecule has 1 rings (SSSR count). The van der Waals surface area contributed by atoms with Gasteiger partial charge in [-0.1, -0.05) is 26.7 Å². The van der Waals surface area contributed by atoms with Crippen molar-refractivity contribution in [1.82, 2.24) is 5.32 Å². The summed E-state index contributed by atoms with van der Waals surface area (Å²) in [4.78, 5) is 11.1. The third kappa shape index (κ3) is 3.47. The van der Waals surface area contributed by atoms with Gasteiger partial charge < -0.3 is 16.2 Å². The van der Waals surface area contributed by atoms with Crippen molar-refractivity contribution in [3.05, 3.63) is 0 Å². The first-order valence-electron chi connectivity index (χ1n) is 5.70. The number of aliphatic hydroxyl groups is 1. The first-order chi connectivity index (χ1) is 6.94. The summed E-state index contributed by atoms with van der Waals surface area (Å²) >= 11 is 0. The maximum atomic E-state index is 11.1. The van der Waals surface area contributed by atoms with Crippen molar-refractivity contribution in [3.63, 3.8) is 0 Å². The SMILES string of the molecule is CC(C)C(NCC1(O)CCCC1)C(N)=O. The average molecular weight is 214 g/mol. The van der Waals surface area contributed by atoms with Gasteiger partial charge in [0.1, 0.15) is 0 Å². The third-order valence-electron chi connectivity index (χ3n) is 3.16. The Morgan fingerprint density at radius 1 is 1.47 bits per heavy atom. The van der Waals surface area contributed by atoms with E-state index in [1.54, 1.807) is 0 Å². The van der Waals surface area contributed by atoms with Gasteiger partial charge in [-0.3, -0.25) is 4.79 Å². The summed E-state index contributed by atoms with van der Waals surface area (Å²) in [7, 11) is 0. The molecule has 0 aromatic heterocycles. The molecule has 1 saturated carbocycles. The Kier molecular flexibility index (Phi) is 4.11. The lowest BCUT2D eigenvalue weighted by molar-refractivity contribution is -0.121. The molecule has 1 fully saturated rings. The van der Waals surface area contributed by atoms with Crippen LogP contribution in [0.1, 0.15) is 39.5 Å². The number of carbonyl (C=O) groups excluding carboxylic acids is 1. The Bertz CT molecular complexity index is 223. The molecule has 0 saturated heterocycles. The second kappa shape index (κ2) is 4.94. The zero-order valence-electron chi connectivity index (χ0n) is 9.62. The molecule has 0 aromatic rings. The van der Waals surface area contributed by atoms with Crippen LogP contribution in [0.15, 0.2) is 0 Å². The molecule has 0 heterocycles. The van der Waals surface area contributed by atoms with Gasteiger partial charge in [-0.05, 0) is 18.8 Å². The van der Waals surface area contributed by atoms with Gasteiger partial charge in [0.15, 0.2) is 0 Å². The van der Waals surface area contributed by atoms with E-state index in [0.29, 0.717) is 6.54 Å². The van der Waals surface area contributed by atoms with E-state index in [0.717, 1.165) is 25.7 Å². The minimum Gasteiger partial charge on any atom is -0.389 e. The molecule has 0 aromatic carbocycles. The van der Waals surface area contributed by atoms with E-state index in [1.807, 2.05) is 13.8 Å². The summed E-state index contributed by atoms with van der Waals surface area (Å²) in [6, 6.07) is -0.338. The van der Waals surface area contributed by atoms with Gasteiger partial charge in [0.05, 0.1) is 11.6 Å². The van der Waals surface area contributed by atoms with Crippen LogP contribution in [0.3, 0.4) is 0 Å². The largest absolute Gasteiger partial charge is 0.389 e. The van der Waals surface area contributed by atoms with Crippen molar-refractivity contribution < 1.29 is 9.90 Å². The Balaban J connectivity index is 2.42. The summed E-state index contributed by atoms with van der Waals surface area (Å²) in [5, 5.41) is 13.2. The van der Waals surface area contributed by atoms with Crippen LogP contribution >= 0.6 is 0 Å². The minimum atomic E-state index is -0.622. The molecule has 4 heteroatoms. The van der Waals surface area contributed by atoms with Gasteiger partial charge in [0, 0.05) is 6.54 Å². The van der Waals surface area contributed by atoms with E-state index < -0.39 is 5.60 Å². The van der Waals surface area contributed by atoms with Crippen LogP contribution in [0.25, 0.3) is 0 Å². The number of nitrogens with one attached hydrogen (secondary N) is 1. The number of carbonyl (C=O) groups is 1. The number of rotatable bonds is 5. The number of hydrogen-bond donors (Lipinski definition) is 3. The fourth-order valence-electron chi connectivity index (χ4n) is 2.17. The molecule has 1 aliphatic rings. The van der Waals surface area contributed by atoms with Crippen LogP contribution in [0.5, 0.6) is 0 Å². The third-order valence-corrected chi connectivity index (χ3v) is 3.16. The van der Waals surface area contributed by atoms with Crippen molar-refractivity contribution in [2.24, 2.45) is 11.7 Å². The molecule has 1 atom stereocenters. The van der Waals surface area contributed by atoms with Crippen molar-refractivity contribution in [1.29, 1.82) is 0 Å². The highest BCUT2D eigenvalue weighted by Crippen LogP contribution is 2.28. The second-order valence-corrected chi connectivity index (χ2v) is 4.94. The lowest BCUT2D eigenvalue weighted by atomic mass is 9.99. The molecule has 88 valence electrons. The Hall–Kier alpha value is -0.610. The molecule has 0 spiro atoms. The monoisotopic (exact) mass is 214 g/mol. The lowest BCUT2D eigenvalue weighted by Crippen LogP contribution is -2.50. The van der Waals surface area contributed by atoms with Crippen molar-refractivity contribution in [2.75, 3.05) is 6.54 Å². The Labute approximate surface area is 91.2 Å². The molecule has 4 nitrogen and oxygen atoms in total. The topological polar surface area (TPSA) is 75.3 Å². The first kappa shape index (κ1) is 12.5. The second-order valence-electron chi connectivity index (χ2n) is 4.94. The summed E-state index contributed by atoms with van der Waals surface area (Å²) in [5.41, 5.74) is 4.66. The number of amides is 1. The minimum absolute atomic E-state index is 0.160. The maximum absolute atomic E-state index is 11.1. The van der Waals surface area contributed by atoms with E-state index >= 15 is 0 Å². The summed E-state index contributed by atoms with van der Waals surface area (Å²) in [6.45, 7) is 4.36. The van der Waals surface area contributed by atoms with Crippen molar-refractivity contribution in [3.8, 4) is 0 Å². The molecule has 4 N–H and O–H groups in total. The number of hydrogen-bond acceptors (Lipinski definition) is 3. The van der Waals surface area contributed by atoms with E-state index in [-0.39, 0.29) is 17.9 Å². The summed E-state index contributed by atoms with van der Waals surface area (Å²) < 4.78 is 0. The molecule has 0 aliphatic heterocycles. The van der Waals surface area contributed by atoms with Crippen LogP contribution in [0.4, 0.5) is 0 Å². The molecule has 0 bridgehead atoms. The van der Waals surface area contributed by atoms with Gasteiger partial charge in [-0.15, -0.1) is 0 Å². The summed E-state index contributed by atoms with van der Waals surface area (Å²) in [5.74, 6) is -0.181. The molecular formula is C11H22N2O2. The zero-order chi connectivity index (χ0) is 11.5. The van der Waals surface area contributed by atoms with Crippen molar-refractivity contribution >= 4 is 5.91 Å². The standard InChI is InChI=1S/C11H22N2O2/c1-8(2)9(10(12)14)13-7-11(15)5-3-4-6-11/h8-9,13,15H,3-7H2,1-2H3,(H2,12,14). The fourth-order valence-corrected chi connectivity index (χ4v) is 2.17. The zero-order valence-corrected chi connectivity index (χ0v) is 9.62. The van der Waals surface area contributed by atoms with Crippen LogP contribution in [-0.2, 0) is 4.79 Å². The maximum Gasteiger partial charge on any atom is 0.234 e. The fraction of sp³-hybridized carbons (Fsp3) is 0.909. The first-order valence-corrected chi connectivity index (χ1v) is 5.70. The molecule has 1 aliphatic carbocycles. The number of nitrogens with two attached hydrogens (primary N) is 1. The predicted octanol–water partition coefficient (Wildman–Crippen LogP) is 0.391. The molecule has 0 radical (unpaired) electrons. The highest BCUT2D eigenvalue weighted by molar-refractivity contribution is 5.80. The molecule has 15 heavy (non-hydrogen) atoms. The Morgan fingerprint density at radius 3 is 2.40 bits per heavy atom. The Morgan fingerprint density at radius 2 is 2.00 bits per heavy atom. The summed E-state index contributed by atoms with van der Waals surface area (Å²) in [6.07, 6.45) is 3.79. The van der Waals surface area contributed by atoms with Crippen LogP contribution in [0, 0.1) is 5.92 Å². The quantitative estimate of drug-likeness (QED) is 0.619. The lowest BCUT2D eigenvalue weighted by Gasteiger charge is -2.27. The molecule has 1 amide bonds. The van der Waals surface area contributed by atoms with E-state index in [2.05, 4.69) is 5.32 Å². The average Bonchev–Trinajstić information content (AvgIpc) is 2.51. The smallest absolute Gasteiger partial charge is 0.234 e.